The van der Waals surface area contributed by atoms with Crippen molar-refractivity contribution >= 4 is 11.8 Å². The number of methoxy groups -OCH3 is 1. The van der Waals surface area contributed by atoms with Gasteiger partial charge in [-0.05, 0) is 54.2 Å². The predicted molar refractivity (Wildman–Crippen MR) is 132 cm³/mol. The third kappa shape index (κ3) is 8.12. The lowest BCUT2D eigenvalue weighted by Gasteiger charge is -2.29. The van der Waals surface area contributed by atoms with E-state index in [4.69, 9.17) is 9.47 Å². The fourth-order valence-electron chi connectivity index (χ4n) is 3.33. The highest BCUT2D eigenvalue weighted by molar-refractivity contribution is 5.87. The Hall–Kier alpha value is -3.02. The fourth-order valence-corrected chi connectivity index (χ4v) is 3.33. The molecule has 0 aromatic heterocycles. The van der Waals surface area contributed by atoms with Crippen molar-refractivity contribution in [1.82, 2.24) is 10.2 Å². The lowest BCUT2D eigenvalue weighted by atomic mass is 9.87. The largest absolute Gasteiger partial charge is 0.497 e. The minimum Gasteiger partial charge on any atom is -0.497 e. The maximum atomic E-state index is 13.1. The van der Waals surface area contributed by atoms with E-state index in [1.807, 2.05) is 48.5 Å². The molecule has 0 heterocycles. The van der Waals surface area contributed by atoms with Gasteiger partial charge < -0.3 is 19.7 Å². The zero-order chi connectivity index (χ0) is 24.4. The molecule has 0 saturated carbocycles. The average Bonchev–Trinajstić information content (AvgIpc) is 2.80. The van der Waals surface area contributed by atoms with E-state index in [0.29, 0.717) is 18.8 Å². The molecule has 1 N–H and O–H groups in total. The number of benzene rings is 2. The van der Waals surface area contributed by atoms with Gasteiger partial charge in [-0.2, -0.15) is 0 Å². The van der Waals surface area contributed by atoms with Crippen LogP contribution in [0.4, 0.5) is 0 Å². The molecule has 0 fully saturated rings. The summed E-state index contributed by atoms with van der Waals surface area (Å²) in [7, 11) is 1.61. The molecule has 2 amide bonds. The van der Waals surface area contributed by atoms with E-state index in [0.717, 1.165) is 24.2 Å². The first kappa shape index (κ1) is 26.2. The summed E-state index contributed by atoms with van der Waals surface area (Å²) in [5.41, 5.74) is 2.15. The summed E-state index contributed by atoms with van der Waals surface area (Å²) in [5.74, 6) is 0.952. The van der Waals surface area contributed by atoms with Crippen molar-refractivity contribution in [2.75, 3.05) is 20.3 Å². The number of nitrogens with one attached hydrogen (secondary N) is 1. The van der Waals surface area contributed by atoms with E-state index >= 15 is 0 Å². The molecule has 0 aliphatic rings. The van der Waals surface area contributed by atoms with Crippen LogP contribution in [-0.2, 0) is 21.5 Å². The lowest BCUT2D eigenvalue weighted by molar-refractivity contribution is -0.142. The van der Waals surface area contributed by atoms with Crippen LogP contribution in [0.15, 0.2) is 48.5 Å². The molecule has 0 radical (unpaired) electrons. The first-order valence-corrected chi connectivity index (χ1v) is 11.6. The normalized spacial score (nSPS) is 12.1. The van der Waals surface area contributed by atoms with Crippen LogP contribution in [0.2, 0.25) is 0 Å². The number of hydrogen-bond acceptors (Lipinski definition) is 4. The third-order valence-corrected chi connectivity index (χ3v) is 5.59. The van der Waals surface area contributed by atoms with E-state index in [2.05, 4.69) is 33.0 Å². The molecule has 0 saturated heterocycles. The van der Waals surface area contributed by atoms with Gasteiger partial charge in [-0.25, -0.2) is 0 Å². The number of carbonyl (C=O) groups excluding carboxylic acids is 2. The van der Waals surface area contributed by atoms with E-state index in [9.17, 15) is 9.59 Å². The van der Waals surface area contributed by atoms with Gasteiger partial charge in [0.25, 0.3) is 5.91 Å². The van der Waals surface area contributed by atoms with Gasteiger partial charge in [0.15, 0.2) is 6.61 Å². The van der Waals surface area contributed by atoms with E-state index < -0.39 is 6.04 Å². The average molecular weight is 455 g/mol. The molecule has 180 valence electrons. The van der Waals surface area contributed by atoms with Crippen molar-refractivity contribution < 1.29 is 19.1 Å². The second-order valence-electron chi connectivity index (χ2n) is 9.25. The van der Waals surface area contributed by atoms with Crippen LogP contribution in [0.3, 0.4) is 0 Å². The molecule has 0 aliphatic heterocycles. The van der Waals surface area contributed by atoms with Gasteiger partial charge in [0.2, 0.25) is 5.91 Å². The number of ether oxygens (including phenoxy) is 2. The van der Waals surface area contributed by atoms with Crippen LogP contribution in [0.5, 0.6) is 11.5 Å². The smallest absolute Gasteiger partial charge is 0.261 e. The van der Waals surface area contributed by atoms with Crippen molar-refractivity contribution in [3.63, 3.8) is 0 Å². The Morgan fingerprint density at radius 1 is 1.00 bits per heavy atom. The SMILES string of the molecule is CCCCNC(=O)[C@@H](C)N(Cc1ccc(OC)cc1)C(=O)COc1ccc(C(C)(C)C)cc1. The molecule has 1 atom stereocenters. The number of amides is 2. The molecule has 6 heteroatoms. The Morgan fingerprint density at radius 2 is 1.61 bits per heavy atom. The fraction of sp³-hybridized carbons (Fsp3) is 0.481. The summed E-state index contributed by atoms with van der Waals surface area (Å²) >= 11 is 0. The number of carbonyl (C=O) groups is 2. The Morgan fingerprint density at radius 3 is 2.15 bits per heavy atom. The summed E-state index contributed by atoms with van der Waals surface area (Å²) in [5, 5.41) is 2.92. The highest BCUT2D eigenvalue weighted by atomic mass is 16.5. The topological polar surface area (TPSA) is 67.9 Å². The first-order valence-electron chi connectivity index (χ1n) is 11.6. The van der Waals surface area contributed by atoms with E-state index in [-0.39, 0.29) is 23.8 Å². The molecule has 0 bridgehead atoms. The van der Waals surface area contributed by atoms with Gasteiger partial charge in [0.1, 0.15) is 17.5 Å². The van der Waals surface area contributed by atoms with Crippen LogP contribution < -0.4 is 14.8 Å². The van der Waals surface area contributed by atoms with Crippen molar-refractivity contribution in [3.8, 4) is 11.5 Å². The number of hydrogen-bond donors (Lipinski definition) is 1. The molecule has 0 unspecified atom stereocenters. The highest BCUT2D eigenvalue weighted by Crippen LogP contribution is 2.24. The minimum atomic E-state index is -0.622. The summed E-state index contributed by atoms with van der Waals surface area (Å²) in [4.78, 5) is 27.4. The van der Waals surface area contributed by atoms with Crippen molar-refractivity contribution in [1.29, 1.82) is 0 Å². The Kier molecular flexibility index (Phi) is 9.76. The van der Waals surface area contributed by atoms with Crippen LogP contribution in [0, 0.1) is 0 Å². The van der Waals surface area contributed by atoms with Gasteiger partial charge in [-0.3, -0.25) is 9.59 Å². The molecule has 2 rings (SSSR count). The third-order valence-electron chi connectivity index (χ3n) is 5.59. The van der Waals surface area contributed by atoms with Crippen LogP contribution in [0.25, 0.3) is 0 Å². The molecule has 2 aromatic carbocycles. The molecule has 2 aromatic rings. The monoisotopic (exact) mass is 454 g/mol. The maximum Gasteiger partial charge on any atom is 0.261 e. The van der Waals surface area contributed by atoms with Crippen molar-refractivity contribution in [3.05, 3.63) is 59.7 Å². The number of rotatable bonds is 11. The lowest BCUT2D eigenvalue weighted by Crippen LogP contribution is -2.49. The molecular formula is C27H38N2O4. The van der Waals surface area contributed by atoms with Crippen molar-refractivity contribution in [2.24, 2.45) is 0 Å². The second kappa shape index (κ2) is 12.3. The first-order chi connectivity index (χ1) is 15.7. The second-order valence-corrected chi connectivity index (χ2v) is 9.25. The summed E-state index contributed by atoms with van der Waals surface area (Å²) < 4.78 is 11.0. The molecule has 6 nitrogen and oxygen atoms in total. The zero-order valence-corrected chi connectivity index (χ0v) is 20.8. The Labute approximate surface area is 198 Å². The highest BCUT2D eigenvalue weighted by Gasteiger charge is 2.26. The minimum absolute atomic E-state index is 0.0457. The zero-order valence-electron chi connectivity index (χ0n) is 20.8. The number of nitrogens with zero attached hydrogens (tertiary/aromatic N) is 1. The van der Waals surface area contributed by atoms with E-state index in [1.165, 1.54) is 5.56 Å². The van der Waals surface area contributed by atoms with E-state index in [1.54, 1.807) is 18.9 Å². The van der Waals surface area contributed by atoms with Gasteiger partial charge in [-0.1, -0.05) is 58.4 Å². The molecular weight excluding hydrogens is 416 g/mol. The quantitative estimate of drug-likeness (QED) is 0.500. The molecule has 33 heavy (non-hydrogen) atoms. The number of unbranched alkanes of at least 4 members (excludes halogenated alkanes) is 1. The van der Waals surface area contributed by atoms with Gasteiger partial charge in [-0.15, -0.1) is 0 Å². The predicted octanol–water partition coefficient (Wildman–Crippen LogP) is 4.71. The standard InChI is InChI=1S/C27H38N2O4/c1-7-8-17-28-26(31)20(2)29(18-21-9-13-23(32-6)14-10-21)25(30)19-33-24-15-11-22(12-16-24)27(3,4)5/h9-16,20H,7-8,17-19H2,1-6H3,(H,28,31)/t20-/m1/s1. The Bertz CT molecular complexity index is 886. The van der Waals surface area contributed by atoms with Crippen LogP contribution in [0.1, 0.15) is 58.6 Å². The van der Waals surface area contributed by atoms with Crippen LogP contribution >= 0.6 is 0 Å². The van der Waals surface area contributed by atoms with Gasteiger partial charge in [0.05, 0.1) is 7.11 Å². The summed E-state index contributed by atoms with van der Waals surface area (Å²) in [6, 6.07) is 14.6. The van der Waals surface area contributed by atoms with Crippen LogP contribution in [-0.4, -0.2) is 43.0 Å². The molecule has 0 aliphatic carbocycles. The summed E-state index contributed by atoms with van der Waals surface area (Å²) in [6.45, 7) is 11.0. The maximum absolute atomic E-state index is 13.1. The Balaban J connectivity index is 2.11. The summed E-state index contributed by atoms with van der Waals surface area (Å²) in [6.07, 6.45) is 1.89. The van der Waals surface area contributed by atoms with Crippen molar-refractivity contribution in [2.45, 2.75) is 65.5 Å². The molecule has 0 spiro atoms. The van der Waals surface area contributed by atoms with Gasteiger partial charge in [0, 0.05) is 13.1 Å². The van der Waals surface area contributed by atoms with Gasteiger partial charge >= 0.3 is 0 Å².